The third-order valence-corrected chi connectivity index (χ3v) is 5.78. The zero-order valence-electron chi connectivity index (χ0n) is 20.2. The molecule has 4 atom stereocenters. The highest BCUT2D eigenvalue weighted by molar-refractivity contribution is 5.89. The molecule has 3 aromatic rings. The summed E-state index contributed by atoms with van der Waals surface area (Å²) in [5.41, 5.74) is 2.95. The lowest BCUT2D eigenvalue weighted by Gasteiger charge is -2.39. The van der Waals surface area contributed by atoms with Crippen molar-refractivity contribution < 1.29 is 28.5 Å². The number of ether oxygens (including phenoxy) is 5. The van der Waals surface area contributed by atoms with Gasteiger partial charge in [0.2, 0.25) is 0 Å². The Hall–Kier alpha value is -3.13. The van der Waals surface area contributed by atoms with E-state index in [9.17, 15) is 4.79 Å². The van der Waals surface area contributed by atoms with Crippen molar-refractivity contribution in [1.82, 2.24) is 0 Å². The topological polar surface area (TPSA) is 63.2 Å². The van der Waals surface area contributed by atoms with E-state index in [-0.39, 0.29) is 32.2 Å². The molecule has 1 aliphatic heterocycles. The number of Topliss-reactive ketones (excluding diaryl/α,β-unsaturated/α-hetero) is 1. The summed E-state index contributed by atoms with van der Waals surface area (Å²) >= 11 is 0. The standard InChI is InChI=1S/C30H32O6/c1-2-18-33-30-29(35-21-25-16-10-5-11-17-25)28(34-20-24-14-8-4-9-15-24)27(31)26(36-30)22-32-19-23-12-6-3-7-13-23/h2-17,26,28-30H,1,18-22H2/t26-,28+,29-,30+/m1/s1. The van der Waals surface area contributed by atoms with Crippen molar-refractivity contribution in [3.8, 4) is 0 Å². The second-order valence-corrected chi connectivity index (χ2v) is 8.50. The summed E-state index contributed by atoms with van der Waals surface area (Å²) in [5.74, 6) is -0.226. The molecule has 1 aliphatic rings. The third kappa shape index (κ3) is 7.43. The fourth-order valence-electron chi connectivity index (χ4n) is 3.94. The molecule has 1 fully saturated rings. The Morgan fingerprint density at radius 2 is 1.25 bits per heavy atom. The monoisotopic (exact) mass is 488 g/mol. The zero-order chi connectivity index (χ0) is 25.0. The summed E-state index contributed by atoms with van der Waals surface area (Å²) < 4.78 is 30.2. The summed E-state index contributed by atoms with van der Waals surface area (Å²) in [6.07, 6.45) is -1.68. The maximum atomic E-state index is 13.5. The molecule has 36 heavy (non-hydrogen) atoms. The number of carbonyl (C=O) groups is 1. The summed E-state index contributed by atoms with van der Waals surface area (Å²) in [6.45, 7) is 4.97. The zero-order valence-corrected chi connectivity index (χ0v) is 20.2. The van der Waals surface area contributed by atoms with Crippen LogP contribution in [0.3, 0.4) is 0 Å². The first-order valence-electron chi connectivity index (χ1n) is 12.1. The van der Waals surface area contributed by atoms with Crippen molar-refractivity contribution in [2.75, 3.05) is 13.2 Å². The number of carbonyl (C=O) groups excluding carboxylic acids is 1. The average Bonchev–Trinajstić information content (AvgIpc) is 2.93. The molecule has 0 saturated carbocycles. The SMILES string of the molecule is C=CCO[C@H]1O[C@H](COCc2ccccc2)C(=O)[C@H](OCc2ccccc2)[C@H]1OCc1ccccc1. The van der Waals surface area contributed by atoms with Gasteiger partial charge in [-0.1, -0.05) is 97.1 Å². The molecule has 1 saturated heterocycles. The molecule has 0 bridgehead atoms. The van der Waals surface area contributed by atoms with E-state index in [1.54, 1.807) is 6.08 Å². The summed E-state index contributed by atoms with van der Waals surface area (Å²) in [7, 11) is 0. The van der Waals surface area contributed by atoms with Gasteiger partial charge in [-0.3, -0.25) is 4.79 Å². The van der Waals surface area contributed by atoms with Gasteiger partial charge in [-0.15, -0.1) is 6.58 Å². The van der Waals surface area contributed by atoms with Crippen LogP contribution in [0.1, 0.15) is 16.7 Å². The Balaban J connectivity index is 1.49. The Morgan fingerprint density at radius 3 is 1.81 bits per heavy atom. The molecular weight excluding hydrogens is 456 g/mol. The molecule has 0 unspecified atom stereocenters. The van der Waals surface area contributed by atoms with Crippen molar-refractivity contribution in [3.63, 3.8) is 0 Å². The van der Waals surface area contributed by atoms with Crippen LogP contribution in [-0.2, 0) is 48.3 Å². The molecule has 0 aliphatic carbocycles. The fourth-order valence-corrected chi connectivity index (χ4v) is 3.94. The van der Waals surface area contributed by atoms with Gasteiger partial charge in [0, 0.05) is 0 Å². The van der Waals surface area contributed by atoms with E-state index in [4.69, 9.17) is 23.7 Å². The molecule has 3 aromatic carbocycles. The van der Waals surface area contributed by atoms with Gasteiger partial charge in [0.1, 0.15) is 12.2 Å². The number of benzene rings is 3. The van der Waals surface area contributed by atoms with Gasteiger partial charge in [0.05, 0.1) is 33.0 Å². The van der Waals surface area contributed by atoms with E-state index < -0.39 is 24.6 Å². The fraction of sp³-hybridized carbons (Fsp3) is 0.300. The van der Waals surface area contributed by atoms with Gasteiger partial charge in [-0.05, 0) is 16.7 Å². The van der Waals surface area contributed by atoms with Crippen molar-refractivity contribution in [3.05, 3.63) is 120 Å². The van der Waals surface area contributed by atoms with Crippen LogP contribution in [0.4, 0.5) is 0 Å². The third-order valence-electron chi connectivity index (χ3n) is 5.78. The Morgan fingerprint density at radius 1 is 0.722 bits per heavy atom. The molecule has 6 heteroatoms. The molecule has 0 amide bonds. The summed E-state index contributed by atoms with van der Waals surface area (Å²) in [5, 5.41) is 0. The second kappa shape index (κ2) is 13.8. The smallest absolute Gasteiger partial charge is 0.195 e. The van der Waals surface area contributed by atoms with E-state index in [0.29, 0.717) is 6.61 Å². The molecule has 0 radical (unpaired) electrons. The largest absolute Gasteiger partial charge is 0.374 e. The minimum absolute atomic E-state index is 0.0816. The molecule has 0 N–H and O–H groups in total. The second-order valence-electron chi connectivity index (χ2n) is 8.50. The van der Waals surface area contributed by atoms with Crippen LogP contribution in [0.15, 0.2) is 104 Å². The molecular formula is C30H32O6. The molecule has 188 valence electrons. The van der Waals surface area contributed by atoms with E-state index in [1.807, 2.05) is 91.0 Å². The Kier molecular flexibility index (Phi) is 9.96. The highest BCUT2D eigenvalue weighted by atomic mass is 16.7. The van der Waals surface area contributed by atoms with Crippen LogP contribution in [0.5, 0.6) is 0 Å². The lowest BCUT2D eigenvalue weighted by Crippen LogP contribution is -2.58. The van der Waals surface area contributed by atoms with Gasteiger partial charge >= 0.3 is 0 Å². The molecule has 0 aromatic heterocycles. The van der Waals surface area contributed by atoms with Gasteiger partial charge in [0.15, 0.2) is 18.2 Å². The summed E-state index contributed by atoms with van der Waals surface area (Å²) in [4.78, 5) is 13.5. The average molecular weight is 489 g/mol. The van der Waals surface area contributed by atoms with Crippen LogP contribution in [0, 0.1) is 0 Å². The van der Waals surface area contributed by atoms with Crippen LogP contribution in [0.25, 0.3) is 0 Å². The Labute approximate surface area is 212 Å². The molecule has 0 spiro atoms. The number of rotatable bonds is 13. The van der Waals surface area contributed by atoms with E-state index in [2.05, 4.69) is 6.58 Å². The van der Waals surface area contributed by atoms with Crippen LogP contribution < -0.4 is 0 Å². The van der Waals surface area contributed by atoms with Gasteiger partial charge in [0.25, 0.3) is 0 Å². The number of hydrogen-bond donors (Lipinski definition) is 0. The summed E-state index contributed by atoms with van der Waals surface area (Å²) in [6, 6.07) is 29.3. The highest BCUT2D eigenvalue weighted by Crippen LogP contribution is 2.26. The first kappa shape index (κ1) is 25.9. The minimum Gasteiger partial charge on any atom is -0.374 e. The van der Waals surface area contributed by atoms with Gasteiger partial charge < -0.3 is 23.7 Å². The minimum atomic E-state index is -0.886. The van der Waals surface area contributed by atoms with E-state index in [0.717, 1.165) is 16.7 Å². The van der Waals surface area contributed by atoms with E-state index >= 15 is 0 Å². The van der Waals surface area contributed by atoms with Crippen molar-refractivity contribution in [1.29, 1.82) is 0 Å². The number of ketones is 1. The molecule has 6 nitrogen and oxygen atoms in total. The van der Waals surface area contributed by atoms with E-state index in [1.165, 1.54) is 0 Å². The lowest BCUT2D eigenvalue weighted by atomic mass is 10.00. The quantitative estimate of drug-likeness (QED) is 0.320. The number of hydrogen-bond acceptors (Lipinski definition) is 6. The Bertz CT molecular complexity index is 1060. The van der Waals surface area contributed by atoms with Crippen LogP contribution in [0.2, 0.25) is 0 Å². The maximum Gasteiger partial charge on any atom is 0.195 e. The molecule has 4 rings (SSSR count). The lowest BCUT2D eigenvalue weighted by molar-refractivity contribution is -0.274. The van der Waals surface area contributed by atoms with Crippen molar-refractivity contribution in [2.24, 2.45) is 0 Å². The predicted molar refractivity (Wildman–Crippen MR) is 136 cm³/mol. The van der Waals surface area contributed by atoms with Crippen LogP contribution >= 0.6 is 0 Å². The van der Waals surface area contributed by atoms with Gasteiger partial charge in [-0.25, -0.2) is 0 Å². The highest BCUT2D eigenvalue weighted by Gasteiger charge is 2.47. The first-order valence-corrected chi connectivity index (χ1v) is 12.1. The van der Waals surface area contributed by atoms with Crippen molar-refractivity contribution >= 4 is 5.78 Å². The molecule has 1 heterocycles. The maximum absolute atomic E-state index is 13.5. The van der Waals surface area contributed by atoms with Crippen LogP contribution in [-0.4, -0.2) is 43.6 Å². The van der Waals surface area contributed by atoms with Crippen molar-refractivity contribution in [2.45, 2.75) is 44.4 Å². The first-order chi connectivity index (χ1) is 17.7. The normalized spacial score (nSPS) is 21.8. The van der Waals surface area contributed by atoms with Gasteiger partial charge in [-0.2, -0.15) is 0 Å². The predicted octanol–water partition coefficient (Wildman–Crippen LogP) is 4.87.